The molecule has 1 aromatic heterocycles. The van der Waals surface area contributed by atoms with Gasteiger partial charge in [-0.1, -0.05) is 30.4 Å². The van der Waals surface area contributed by atoms with Gasteiger partial charge in [0.05, 0.1) is 31.7 Å². The van der Waals surface area contributed by atoms with E-state index in [1.807, 2.05) is 36.6 Å². The highest BCUT2D eigenvalue weighted by Crippen LogP contribution is 2.24. The average Bonchev–Trinajstić information content (AvgIpc) is 3.04. The molecule has 9 nitrogen and oxygen atoms in total. The number of amides is 1. The van der Waals surface area contributed by atoms with Crippen molar-refractivity contribution in [3.8, 4) is 0 Å². The van der Waals surface area contributed by atoms with Crippen LogP contribution in [0.4, 0.5) is 11.4 Å². The van der Waals surface area contributed by atoms with Crippen molar-refractivity contribution in [3.63, 3.8) is 0 Å². The monoisotopic (exact) mass is 400 g/mol. The number of carbonyl (C=O) groups excluding carboxylic acids is 1. The van der Waals surface area contributed by atoms with Gasteiger partial charge in [-0.2, -0.15) is 4.99 Å². The zero-order chi connectivity index (χ0) is 20.4. The summed E-state index contributed by atoms with van der Waals surface area (Å²) >= 11 is 1.33. The van der Waals surface area contributed by atoms with Crippen molar-refractivity contribution in [1.82, 2.24) is 4.57 Å². The molecule has 1 amide bonds. The van der Waals surface area contributed by atoms with Crippen LogP contribution in [0.15, 0.2) is 41.4 Å². The number of carbonyl (C=O) groups is 1. The molecule has 144 valence electrons. The van der Waals surface area contributed by atoms with E-state index < -0.39 is 27.1 Å². The Balaban J connectivity index is 2.18. The molecule has 3 rings (SSSR count). The first-order valence-corrected chi connectivity index (χ1v) is 9.31. The fourth-order valence-corrected chi connectivity index (χ4v) is 4.09. The van der Waals surface area contributed by atoms with Crippen molar-refractivity contribution in [1.29, 1.82) is 0 Å². The molecule has 0 radical (unpaired) electrons. The summed E-state index contributed by atoms with van der Waals surface area (Å²) in [7, 11) is 0. The fraction of sp³-hybridized carbons (Fsp3) is 0.222. The maximum Gasteiger partial charge on any atom is 0.280 e. The number of benzene rings is 2. The van der Waals surface area contributed by atoms with Gasteiger partial charge in [0.15, 0.2) is 4.80 Å². The molecule has 0 bridgehead atoms. The Morgan fingerprint density at radius 3 is 2.29 bits per heavy atom. The summed E-state index contributed by atoms with van der Waals surface area (Å²) < 4.78 is 2.88. The van der Waals surface area contributed by atoms with E-state index in [1.54, 1.807) is 0 Å². The third-order valence-corrected chi connectivity index (χ3v) is 5.29. The second kappa shape index (κ2) is 7.69. The van der Waals surface area contributed by atoms with Gasteiger partial charge in [-0.05, 0) is 25.0 Å². The standard InChI is InChI=1S/C18H16N4O5S/c1-3-11-6-5-7-15-16(11)20(4-2)18(28-15)19-17(23)12-8-13(21(24)25)10-14(9-12)22(26)27/h5-10H,3-4H2,1-2H3. The quantitative estimate of drug-likeness (QED) is 0.476. The lowest BCUT2D eigenvalue weighted by molar-refractivity contribution is -0.394. The summed E-state index contributed by atoms with van der Waals surface area (Å²) in [5.41, 5.74) is 0.864. The lowest BCUT2D eigenvalue weighted by atomic mass is 10.1. The highest BCUT2D eigenvalue weighted by atomic mass is 32.1. The maximum absolute atomic E-state index is 12.6. The normalized spacial score (nSPS) is 11.7. The Labute approximate surface area is 162 Å². The van der Waals surface area contributed by atoms with Crippen LogP contribution in [0.3, 0.4) is 0 Å². The lowest BCUT2D eigenvalue weighted by Crippen LogP contribution is -2.16. The SMILES string of the molecule is CCc1cccc2sc(=NC(=O)c3cc([N+](=O)[O-])cc([N+](=O)[O-])c3)n(CC)c12. The molecule has 0 aliphatic rings. The number of nitrogens with zero attached hydrogens (tertiary/aromatic N) is 4. The van der Waals surface area contributed by atoms with E-state index >= 15 is 0 Å². The van der Waals surface area contributed by atoms with Crippen molar-refractivity contribution in [2.75, 3.05) is 0 Å². The zero-order valence-electron chi connectivity index (χ0n) is 15.1. The van der Waals surface area contributed by atoms with Gasteiger partial charge in [0.25, 0.3) is 17.3 Å². The number of hydrogen-bond acceptors (Lipinski definition) is 6. The van der Waals surface area contributed by atoms with Gasteiger partial charge in [0.1, 0.15) is 0 Å². The lowest BCUT2D eigenvalue weighted by Gasteiger charge is -2.05. The van der Waals surface area contributed by atoms with E-state index in [4.69, 9.17) is 0 Å². The summed E-state index contributed by atoms with van der Waals surface area (Å²) in [6.45, 7) is 4.55. The van der Waals surface area contributed by atoms with Crippen LogP contribution >= 0.6 is 11.3 Å². The predicted molar refractivity (Wildman–Crippen MR) is 105 cm³/mol. The zero-order valence-corrected chi connectivity index (χ0v) is 15.9. The molecule has 0 N–H and O–H groups in total. The number of nitro groups is 2. The number of aryl methyl sites for hydroxylation is 2. The van der Waals surface area contributed by atoms with E-state index in [0.29, 0.717) is 11.3 Å². The molecule has 0 saturated heterocycles. The minimum absolute atomic E-state index is 0.197. The van der Waals surface area contributed by atoms with Crippen molar-refractivity contribution in [3.05, 3.63) is 72.6 Å². The molecule has 0 unspecified atom stereocenters. The first-order valence-electron chi connectivity index (χ1n) is 8.49. The van der Waals surface area contributed by atoms with Crippen molar-refractivity contribution in [2.45, 2.75) is 26.8 Å². The molecular formula is C18H16N4O5S. The first kappa shape index (κ1) is 19.4. The number of aromatic nitrogens is 1. The number of hydrogen-bond donors (Lipinski definition) is 0. The van der Waals surface area contributed by atoms with Gasteiger partial charge >= 0.3 is 0 Å². The minimum atomic E-state index is -0.775. The molecule has 1 heterocycles. The van der Waals surface area contributed by atoms with Gasteiger partial charge in [0.2, 0.25) is 0 Å². The molecule has 0 fully saturated rings. The Morgan fingerprint density at radius 2 is 1.75 bits per heavy atom. The van der Waals surface area contributed by atoms with E-state index in [0.717, 1.165) is 40.4 Å². The number of nitro benzene ring substituents is 2. The number of non-ortho nitro benzene ring substituents is 2. The van der Waals surface area contributed by atoms with E-state index in [2.05, 4.69) is 4.99 Å². The molecular weight excluding hydrogens is 384 g/mol. The highest BCUT2D eigenvalue weighted by molar-refractivity contribution is 7.16. The smallest absolute Gasteiger partial charge is 0.280 e. The summed E-state index contributed by atoms with van der Waals surface area (Å²) in [6, 6.07) is 8.70. The van der Waals surface area contributed by atoms with Gasteiger partial charge in [-0.3, -0.25) is 25.0 Å². The molecule has 10 heteroatoms. The van der Waals surface area contributed by atoms with Crippen LogP contribution < -0.4 is 4.80 Å². The van der Waals surface area contributed by atoms with Gasteiger partial charge in [-0.25, -0.2) is 0 Å². The number of rotatable bonds is 5. The summed E-state index contributed by atoms with van der Waals surface area (Å²) in [5.74, 6) is -0.765. The second-order valence-corrected chi connectivity index (χ2v) is 6.92. The van der Waals surface area contributed by atoms with Crippen molar-refractivity contribution < 1.29 is 14.6 Å². The molecule has 0 saturated carbocycles. The average molecular weight is 400 g/mol. The van der Waals surface area contributed by atoms with Crippen LogP contribution in [0.2, 0.25) is 0 Å². The minimum Gasteiger partial charge on any atom is -0.316 e. The second-order valence-electron chi connectivity index (χ2n) is 5.92. The van der Waals surface area contributed by atoms with E-state index in [9.17, 15) is 25.0 Å². The Bertz CT molecular complexity index is 1150. The number of para-hydroxylation sites is 1. The third-order valence-electron chi connectivity index (χ3n) is 4.25. The largest absolute Gasteiger partial charge is 0.316 e. The first-order chi connectivity index (χ1) is 13.3. The maximum atomic E-state index is 12.6. The van der Waals surface area contributed by atoms with E-state index in [-0.39, 0.29) is 5.56 Å². The fourth-order valence-electron chi connectivity index (χ4n) is 2.95. The van der Waals surface area contributed by atoms with Gasteiger partial charge in [-0.15, -0.1) is 0 Å². The van der Waals surface area contributed by atoms with Crippen LogP contribution in [-0.2, 0) is 13.0 Å². The van der Waals surface area contributed by atoms with Crippen molar-refractivity contribution >= 4 is 38.8 Å². The molecule has 3 aromatic rings. The van der Waals surface area contributed by atoms with Crippen LogP contribution in [0.5, 0.6) is 0 Å². The predicted octanol–water partition coefficient (Wildman–Crippen LogP) is 3.84. The Morgan fingerprint density at radius 1 is 1.11 bits per heavy atom. The van der Waals surface area contributed by atoms with Gasteiger partial charge in [0, 0.05) is 18.7 Å². The third kappa shape index (κ3) is 3.54. The Kier molecular flexibility index (Phi) is 5.32. The van der Waals surface area contributed by atoms with Crippen molar-refractivity contribution in [2.24, 2.45) is 4.99 Å². The van der Waals surface area contributed by atoms with Crippen LogP contribution in [-0.4, -0.2) is 20.3 Å². The molecule has 0 atom stereocenters. The van der Waals surface area contributed by atoms with E-state index in [1.165, 1.54) is 11.3 Å². The summed E-state index contributed by atoms with van der Waals surface area (Å²) in [5, 5.41) is 22.1. The summed E-state index contributed by atoms with van der Waals surface area (Å²) in [6.07, 6.45) is 0.818. The van der Waals surface area contributed by atoms with Gasteiger partial charge < -0.3 is 4.57 Å². The molecule has 0 aliphatic heterocycles. The number of thiazole rings is 1. The topological polar surface area (TPSA) is 121 Å². The number of fused-ring (bicyclic) bond motifs is 1. The Hall–Kier alpha value is -3.40. The molecule has 0 spiro atoms. The molecule has 0 aliphatic carbocycles. The van der Waals surface area contributed by atoms with Crippen LogP contribution in [0.25, 0.3) is 10.2 Å². The van der Waals surface area contributed by atoms with Crippen LogP contribution in [0.1, 0.15) is 29.8 Å². The van der Waals surface area contributed by atoms with Crippen LogP contribution in [0, 0.1) is 20.2 Å². The summed E-state index contributed by atoms with van der Waals surface area (Å²) in [4.78, 5) is 37.7. The molecule has 28 heavy (non-hydrogen) atoms. The molecule has 2 aromatic carbocycles. The highest BCUT2D eigenvalue weighted by Gasteiger charge is 2.20.